The van der Waals surface area contributed by atoms with Crippen molar-refractivity contribution in [3.63, 3.8) is 0 Å². The minimum absolute atomic E-state index is 0.290. The van der Waals surface area contributed by atoms with Crippen LogP contribution in [0.4, 0.5) is 11.4 Å². The molecule has 0 fully saturated rings. The first-order valence-electron chi connectivity index (χ1n) is 22.1. The maximum absolute atomic E-state index is 2.50. The number of para-hydroxylation sites is 3. The van der Waals surface area contributed by atoms with Crippen LogP contribution in [0.2, 0.25) is 0 Å². The van der Waals surface area contributed by atoms with Gasteiger partial charge >= 0.3 is 0 Å². The molecule has 0 saturated heterocycles. The molecule has 0 bridgehead atoms. The molecule has 2 nitrogen and oxygen atoms in total. The van der Waals surface area contributed by atoms with E-state index >= 15 is 0 Å². The van der Waals surface area contributed by atoms with Crippen molar-refractivity contribution in [2.24, 2.45) is 0 Å². The lowest BCUT2D eigenvalue weighted by Crippen LogP contribution is -2.28. The Balaban J connectivity index is 0.861. The average molecular weight is 803 g/mol. The molecule has 2 aliphatic carbocycles. The van der Waals surface area contributed by atoms with Crippen LogP contribution in [-0.2, 0) is 5.41 Å². The molecule has 9 aromatic carbocycles. The van der Waals surface area contributed by atoms with Gasteiger partial charge in [0.15, 0.2) is 0 Å². The number of anilines is 2. The minimum atomic E-state index is -0.476. The molecule has 2 heterocycles. The first-order valence-corrected chi connectivity index (χ1v) is 22.1. The summed E-state index contributed by atoms with van der Waals surface area (Å²) in [6.07, 6.45) is 9.05. The number of benzene rings is 9. The monoisotopic (exact) mass is 802 g/mol. The van der Waals surface area contributed by atoms with E-state index in [-0.39, 0.29) is 6.04 Å². The molecule has 10 aromatic rings. The van der Waals surface area contributed by atoms with Crippen molar-refractivity contribution in [1.82, 2.24) is 4.57 Å². The van der Waals surface area contributed by atoms with Gasteiger partial charge in [-0.2, -0.15) is 0 Å². The molecule has 1 aromatic heterocycles. The lowest BCUT2D eigenvalue weighted by molar-refractivity contribution is 0.745. The standard InChI is InChI=1S/C61H42N2/c1-7-19-55-49(13-1)50-14-2-8-20-56(50)61(55,45-33-25-41(26-34-45)43-29-37-47(38-30-43)62-57-21-9-3-15-51(57)52-16-4-10-22-58(52)62)46-35-27-42(28-36-46)44-31-39-48(40-32-44)63-59-23-11-5-17-53(59)54-18-6-12-24-60(54)63/h1-40,51,57H. The highest BCUT2D eigenvalue weighted by Crippen LogP contribution is 2.56. The zero-order valence-corrected chi connectivity index (χ0v) is 34.6. The normalized spacial score (nSPS) is 16.5. The Labute approximate surface area is 368 Å². The second kappa shape index (κ2) is 14.1. The highest BCUT2D eigenvalue weighted by atomic mass is 15.2. The Morgan fingerprint density at radius 3 is 1.38 bits per heavy atom. The molecule has 2 unspecified atom stereocenters. The lowest BCUT2D eigenvalue weighted by Gasteiger charge is -2.34. The van der Waals surface area contributed by atoms with Gasteiger partial charge in [-0.1, -0.05) is 200 Å². The van der Waals surface area contributed by atoms with E-state index in [4.69, 9.17) is 0 Å². The zero-order chi connectivity index (χ0) is 41.5. The summed E-state index contributed by atoms with van der Waals surface area (Å²) in [6, 6.07) is 81.4. The third-order valence-electron chi connectivity index (χ3n) is 14.1. The van der Waals surface area contributed by atoms with E-state index in [1.165, 1.54) is 94.4 Å². The molecule has 296 valence electrons. The van der Waals surface area contributed by atoms with Gasteiger partial charge in [-0.05, 0) is 104 Å². The van der Waals surface area contributed by atoms with Crippen LogP contribution in [-0.4, -0.2) is 10.6 Å². The van der Waals surface area contributed by atoms with Crippen LogP contribution in [0.3, 0.4) is 0 Å². The summed E-state index contributed by atoms with van der Waals surface area (Å²) >= 11 is 0. The average Bonchev–Trinajstić information content (AvgIpc) is 3.99. The second-order valence-corrected chi connectivity index (χ2v) is 17.2. The number of allylic oxidation sites excluding steroid dienone is 2. The molecule has 63 heavy (non-hydrogen) atoms. The van der Waals surface area contributed by atoms with Gasteiger partial charge in [-0.25, -0.2) is 0 Å². The molecule has 0 N–H and O–H groups in total. The van der Waals surface area contributed by atoms with Crippen LogP contribution in [0.5, 0.6) is 0 Å². The Morgan fingerprint density at radius 1 is 0.365 bits per heavy atom. The molecular weight excluding hydrogens is 761 g/mol. The van der Waals surface area contributed by atoms with E-state index in [1.54, 1.807) is 0 Å². The molecule has 0 radical (unpaired) electrons. The summed E-state index contributed by atoms with van der Waals surface area (Å²) in [4.78, 5) is 2.50. The summed E-state index contributed by atoms with van der Waals surface area (Å²) in [6.45, 7) is 0. The van der Waals surface area contributed by atoms with Gasteiger partial charge < -0.3 is 9.47 Å². The van der Waals surface area contributed by atoms with Crippen molar-refractivity contribution >= 4 is 33.2 Å². The minimum Gasteiger partial charge on any atom is -0.333 e. The first-order chi connectivity index (χ1) is 31.3. The number of rotatable bonds is 6. The van der Waals surface area contributed by atoms with Crippen LogP contribution < -0.4 is 4.90 Å². The topological polar surface area (TPSA) is 8.17 Å². The fourth-order valence-electron chi connectivity index (χ4n) is 11.3. The molecule has 0 amide bonds. The maximum Gasteiger partial charge on any atom is 0.0713 e. The Kier molecular flexibility index (Phi) is 7.98. The van der Waals surface area contributed by atoms with Gasteiger partial charge in [0, 0.05) is 33.8 Å². The molecule has 3 aliphatic rings. The summed E-state index contributed by atoms with van der Waals surface area (Å²) in [5.41, 5.74) is 19.6. The fraction of sp³-hybridized carbons (Fsp3) is 0.0492. The Bertz CT molecular complexity index is 3340. The van der Waals surface area contributed by atoms with Gasteiger partial charge in [0.1, 0.15) is 0 Å². The van der Waals surface area contributed by atoms with Crippen molar-refractivity contribution in [2.45, 2.75) is 17.4 Å². The number of aromatic nitrogens is 1. The zero-order valence-electron chi connectivity index (χ0n) is 34.6. The van der Waals surface area contributed by atoms with Gasteiger partial charge in [0.25, 0.3) is 0 Å². The summed E-state index contributed by atoms with van der Waals surface area (Å²) in [7, 11) is 0. The van der Waals surface area contributed by atoms with E-state index in [0.29, 0.717) is 5.92 Å². The van der Waals surface area contributed by atoms with E-state index in [0.717, 1.165) is 5.69 Å². The largest absolute Gasteiger partial charge is 0.333 e. The van der Waals surface area contributed by atoms with Crippen LogP contribution in [0, 0.1) is 0 Å². The second-order valence-electron chi connectivity index (χ2n) is 17.2. The lowest BCUT2D eigenvalue weighted by atomic mass is 9.67. The number of nitrogens with zero attached hydrogens (tertiary/aromatic N) is 2. The number of hydrogen-bond donors (Lipinski definition) is 0. The molecule has 0 saturated carbocycles. The van der Waals surface area contributed by atoms with Gasteiger partial charge in [-0.15, -0.1) is 0 Å². The van der Waals surface area contributed by atoms with E-state index in [2.05, 4.69) is 252 Å². The van der Waals surface area contributed by atoms with Crippen molar-refractivity contribution in [1.29, 1.82) is 0 Å². The number of fused-ring (bicyclic) bond motifs is 9. The third kappa shape index (κ3) is 5.31. The first kappa shape index (κ1) is 35.8. The van der Waals surface area contributed by atoms with E-state index < -0.39 is 5.41 Å². The Hall–Kier alpha value is -7.94. The summed E-state index contributed by atoms with van der Waals surface area (Å²) in [5, 5.41) is 2.55. The van der Waals surface area contributed by atoms with Crippen molar-refractivity contribution in [3.05, 3.63) is 271 Å². The molecule has 13 rings (SSSR count). The molecule has 2 atom stereocenters. The van der Waals surface area contributed by atoms with Crippen LogP contribution >= 0.6 is 0 Å². The Morgan fingerprint density at radius 2 is 0.810 bits per heavy atom. The molecule has 2 heteroatoms. The van der Waals surface area contributed by atoms with Crippen LogP contribution in [0.25, 0.3) is 60.9 Å². The highest BCUT2D eigenvalue weighted by molar-refractivity contribution is 6.09. The highest BCUT2D eigenvalue weighted by Gasteiger charge is 2.46. The van der Waals surface area contributed by atoms with Crippen molar-refractivity contribution in [2.75, 3.05) is 4.90 Å². The predicted molar refractivity (Wildman–Crippen MR) is 262 cm³/mol. The SMILES string of the molecule is C1=CC2c3ccccc3N(c3ccc(-c4ccc(C5(c6ccc(-c7ccc(-n8c9ccccc9c9ccccc98)cc7)cc6)c6ccccc6-c6ccccc65)cc4)cc3)C2C=C1. The van der Waals surface area contributed by atoms with Gasteiger partial charge in [-0.3, -0.25) is 0 Å². The number of hydrogen-bond acceptors (Lipinski definition) is 1. The van der Waals surface area contributed by atoms with Crippen LogP contribution in [0.1, 0.15) is 33.7 Å². The summed E-state index contributed by atoms with van der Waals surface area (Å²) in [5.74, 6) is 0.373. The van der Waals surface area contributed by atoms with Crippen molar-refractivity contribution in [3.8, 4) is 39.1 Å². The molecular formula is C61H42N2. The maximum atomic E-state index is 2.50. The van der Waals surface area contributed by atoms with E-state index in [9.17, 15) is 0 Å². The molecule has 1 aliphatic heterocycles. The fourth-order valence-corrected chi connectivity index (χ4v) is 11.3. The smallest absolute Gasteiger partial charge is 0.0713 e. The predicted octanol–water partition coefficient (Wildman–Crippen LogP) is 15.2. The quantitative estimate of drug-likeness (QED) is 0.163. The van der Waals surface area contributed by atoms with Crippen molar-refractivity contribution < 1.29 is 0 Å². The third-order valence-corrected chi connectivity index (χ3v) is 14.1. The van der Waals surface area contributed by atoms with Gasteiger partial charge in [0.2, 0.25) is 0 Å². The van der Waals surface area contributed by atoms with Crippen LogP contribution in [0.15, 0.2) is 243 Å². The molecule has 0 spiro atoms. The van der Waals surface area contributed by atoms with E-state index in [1.807, 2.05) is 0 Å². The van der Waals surface area contributed by atoms with Gasteiger partial charge in [0.05, 0.1) is 22.5 Å². The summed E-state index contributed by atoms with van der Waals surface area (Å²) < 4.78 is 2.38.